The number of furan rings is 1. The van der Waals surface area contributed by atoms with Crippen LogP contribution in [0.25, 0.3) is 0 Å². The molecule has 0 atom stereocenters. The average Bonchev–Trinajstić information content (AvgIpc) is 3.15. The molecular weight excluding hydrogens is 352 g/mol. The minimum absolute atomic E-state index is 0.0569. The maximum absolute atomic E-state index is 13.6. The fourth-order valence-corrected chi connectivity index (χ4v) is 3.14. The minimum Gasteiger partial charge on any atom is -0.483 e. The molecule has 27 heavy (non-hydrogen) atoms. The van der Waals surface area contributed by atoms with Crippen molar-refractivity contribution in [2.24, 2.45) is 0 Å². The molecule has 0 radical (unpaired) electrons. The molecule has 4 rings (SSSR count). The second kappa shape index (κ2) is 7.23. The van der Waals surface area contributed by atoms with Gasteiger partial charge in [0.2, 0.25) is 0 Å². The molecule has 0 unspecified atom stereocenters. The molecule has 1 aliphatic heterocycles. The SMILES string of the molecule is O=C(c1ccc(COc2ccc(F)cc2F)o1)N1CCc2ccccc2C1. The summed E-state index contributed by atoms with van der Waals surface area (Å²) in [5, 5.41) is 0. The third-order valence-corrected chi connectivity index (χ3v) is 4.55. The molecule has 1 amide bonds. The number of rotatable bonds is 4. The van der Waals surface area contributed by atoms with E-state index in [-0.39, 0.29) is 24.0 Å². The Bertz CT molecular complexity index is 983. The Kier molecular flexibility index (Phi) is 4.62. The van der Waals surface area contributed by atoms with E-state index in [0.717, 1.165) is 24.1 Å². The lowest BCUT2D eigenvalue weighted by molar-refractivity contribution is 0.0698. The van der Waals surface area contributed by atoms with Crippen LogP contribution in [0.4, 0.5) is 8.78 Å². The van der Waals surface area contributed by atoms with Gasteiger partial charge in [0.25, 0.3) is 5.91 Å². The van der Waals surface area contributed by atoms with Gasteiger partial charge >= 0.3 is 0 Å². The molecule has 2 aromatic carbocycles. The Morgan fingerprint density at radius 2 is 1.89 bits per heavy atom. The van der Waals surface area contributed by atoms with E-state index in [1.54, 1.807) is 17.0 Å². The van der Waals surface area contributed by atoms with Crippen LogP contribution in [0.2, 0.25) is 0 Å². The first kappa shape index (κ1) is 17.3. The van der Waals surface area contributed by atoms with Crippen LogP contribution in [0.1, 0.15) is 27.4 Å². The zero-order valence-electron chi connectivity index (χ0n) is 14.5. The number of ether oxygens (including phenoxy) is 1. The minimum atomic E-state index is -0.787. The van der Waals surface area contributed by atoms with Crippen LogP contribution in [0.5, 0.6) is 5.75 Å². The Labute approximate surface area is 155 Å². The second-order valence-electron chi connectivity index (χ2n) is 6.37. The van der Waals surface area contributed by atoms with Gasteiger partial charge in [0, 0.05) is 19.2 Å². The number of halogens is 2. The van der Waals surface area contributed by atoms with Crippen molar-refractivity contribution in [3.8, 4) is 5.75 Å². The number of hydrogen-bond donors (Lipinski definition) is 0. The largest absolute Gasteiger partial charge is 0.483 e. The highest BCUT2D eigenvalue weighted by Gasteiger charge is 2.23. The third kappa shape index (κ3) is 3.69. The maximum atomic E-state index is 13.6. The van der Waals surface area contributed by atoms with Crippen molar-refractivity contribution in [2.75, 3.05) is 6.54 Å². The summed E-state index contributed by atoms with van der Waals surface area (Å²) in [7, 11) is 0. The predicted octanol–water partition coefficient (Wildman–Crippen LogP) is 4.34. The first-order valence-electron chi connectivity index (χ1n) is 8.63. The summed E-state index contributed by atoms with van der Waals surface area (Å²) in [6.45, 7) is 1.12. The van der Waals surface area contributed by atoms with Crippen LogP contribution in [0.3, 0.4) is 0 Å². The monoisotopic (exact) mass is 369 g/mol. The zero-order chi connectivity index (χ0) is 18.8. The van der Waals surface area contributed by atoms with Crippen LogP contribution in [0, 0.1) is 11.6 Å². The lowest BCUT2D eigenvalue weighted by atomic mass is 10.00. The van der Waals surface area contributed by atoms with Crippen molar-refractivity contribution < 1.29 is 22.7 Å². The Hall–Kier alpha value is -3.15. The summed E-state index contributed by atoms with van der Waals surface area (Å²) in [5.41, 5.74) is 2.40. The number of carbonyl (C=O) groups is 1. The van der Waals surface area contributed by atoms with E-state index in [1.165, 1.54) is 11.6 Å². The molecule has 1 aromatic heterocycles. The molecule has 0 saturated carbocycles. The van der Waals surface area contributed by atoms with Gasteiger partial charge in [0.1, 0.15) is 18.2 Å². The van der Waals surface area contributed by atoms with E-state index in [1.807, 2.05) is 18.2 Å². The van der Waals surface area contributed by atoms with Gasteiger partial charge in [-0.3, -0.25) is 4.79 Å². The topological polar surface area (TPSA) is 42.7 Å². The van der Waals surface area contributed by atoms with Crippen molar-refractivity contribution in [3.05, 3.63) is 88.9 Å². The highest BCUT2D eigenvalue weighted by molar-refractivity contribution is 5.91. The van der Waals surface area contributed by atoms with Crippen LogP contribution >= 0.6 is 0 Å². The van der Waals surface area contributed by atoms with Gasteiger partial charge in [0.05, 0.1) is 0 Å². The summed E-state index contributed by atoms with van der Waals surface area (Å²) >= 11 is 0. The standard InChI is InChI=1S/C21H17F2NO3/c22-16-5-7-19(18(23)11-16)26-13-17-6-8-20(27-17)21(25)24-10-9-14-3-1-2-4-15(14)12-24/h1-8,11H,9-10,12-13H2. The van der Waals surface area contributed by atoms with Crippen molar-refractivity contribution in [1.82, 2.24) is 4.90 Å². The molecule has 0 bridgehead atoms. The van der Waals surface area contributed by atoms with Gasteiger partial charge in [-0.2, -0.15) is 0 Å². The first-order valence-corrected chi connectivity index (χ1v) is 8.63. The van der Waals surface area contributed by atoms with E-state index < -0.39 is 11.6 Å². The number of fused-ring (bicyclic) bond motifs is 1. The van der Waals surface area contributed by atoms with Gasteiger partial charge in [-0.15, -0.1) is 0 Å². The molecule has 0 spiro atoms. The lowest BCUT2D eigenvalue weighted by Gasteiger charge is -2.28. The van der Waals surface area contributed by atoms with Crippen molar-refractivity contribution in [3.63, 3.8) is 0 Å². The fourth-order valence-electron chi connectivity index (χ4n) is 3.14. The summed E-state index contributed by atoms with van der Waals surface area (Å²) in [4.78, 5) is 14.4. The number of carbonyl (C=O) groups excluding carboxylic acids is 1. The maximum Gasteiger partial charge on any atom is 0.289 e. The van der Waals surface area contributed by atoms with E-state index in [9.17, 15) is 13.6 Å². The Morgan fingerprint density at radius 3 is 2.70 bits per heavy atom. The number of hydrogen-bond acceptors (Lipinski definition) is 3. The quantitative estimate of drug-likeness (QED) is 0.687. The molecule has 4 nitrogen and oxygen atoms in total. The van der Waals surface area contributed by atoms with Crippen molar-refractivity contribution >= 4 is 5.91 Å². The third-order valence-electron chi connectivity index (χ3n) is 4.55. The molecule has 2 heterocycles. The summed E-state index contributed by atoms with van der Waals surface area (Å²) in [5.74, 6) is -1.12. The van der Waals surface area contributed by atoms with E-state index in [4.69, 9.17) is 9.15 Å². The van der Waals surface area contributed by atoms with Gasteiger partial charge in [-0.1, -0.05) is 24.3 Å². The summed E-state index contributed by atoms with van der Waals surface area (Å²) in [6.07, 6.45) is 0.808. The van der Waals surface area contributed by atoms with Crippen LogP contribution in [-0.2, 0) is 19.6 Å². The molecule has 138 valence electrons. The molecule has 3 aromatic rings. The van der Waals surface area contributed by atoms with Crippen LogP contribution in [-0.4, -0.2) is 17.4 Å². The van der Waals surface area contributed by atoms with E-state index in [0.29, 0.717) is 18.8 Å². The van der Waals surface area contributed by atoms with E-state index >= 15 is 0 Å². The summed E-state index contributed by atoms with van der Waals surface area (Å²) in [6, 6.07) is 14.3. The van der Waals surface area contributed by atoms with Gasteiger partial charge in [0.15, 0.2) is 17.3 Å². The fraction of sp³-hybridized carbons (Fsp3) is 0.190. The smallest absolute Gasteiger partial charge is 0.289 e. The van der Waals surface area contributed by atoms with Crippen molar-refractivity contribution in [2.45, 2.75) is 19.6 Å². The number of benzene rings is 2. The van der Waals surface area contributed by atoms with E-state index in [2.05, 4.69) is 6.07 Å². The highest BCUT2D eigenvalue weighted by atomic mass is 19.1. The number of nitrogens with zero attached hydrogens (tertiary/aromatic N) is 1. The lowest BCUT2D eigenvalue weighted by Crippen LogP contribution is -2.35. The first-order chi connectivity index (χ1) is 13.1. The number of amides is 1. The van der Waals surface area contributed by atoms with Gasteiger partial charge in [-0.05, 0) is 41.8 Å². The van der Waals surface area contributed by atoms with Gasteiger partial charge < -0.3 is 14.1 Å². The molecule has 1 aliphatic rings. The predicted molar refractivity (Wildman–Crippen MR) is 94.3 cm³/mol. The second-order valence-corrected chi connectivity index (χ2v) is 6.37. The molecule has 6 heteroatoms. The summed E-state index contributed by atoms with van der Waals surface area (Å²) < 4.78 is 37.4. The van der Waals surface area contributed by atoms with Crippen molar-refractivity contribution in [1.29, 1.82) is 0 Å². The zero-order valence-corrected chi connectivity index (χ0v) is 14.5. The highest BCUT2D eigenvalue weighted by Crippen LogP contribution is 2.22. The Morgan fingerprint density at radius 1 is 1.07 bits per heavy atom. The Balaban J connectivity index is 1.41. The normalized spacial score (nSPS) is 13.3. The molecule has 0 saturated heterocycles. The average molecular weight is 369 g/mol. The molecule has 0 aliphatic carbocycles. The van der Waals surface area contributed by atoms with Gasteiger partial charge in [-0.25, -0.2) is 8.78 Å². The van der Waals surface area contributed by atoms with Crippen LogP contribution in [0.15, 0.2) is 59.0 Å². The molecule has 0 N–H and O–H groups in total. The molecular formula is C21H17F2NO3. The van der Waals surface area contributed by atoms with Crippen LogP contribution < -0.4 is 4.74 Å². The molecule has 0 fully saturated rings.